The van der Waals surface area contributed by atoms with E-state index >= 15 is 0 Å². The number of carbonyl (C=O) groups is 1. The maximum absolute atomic E-state index is 14.2. The first-order chi connectivity index (χ1) is 14.2. The number of alkyl halides is 1. The lowest BCUT2D eigenvalue weighted by atomic mass is 10.1. The zero-order chi connectivity index (χ0) is 19.8. The van der Waals surface area contributed by atoms with E-state index in [-0.39, 0.29) is 12.1 Å². The number of rotatable bonds is 4. The van der Waals surface area contributed by atoms with Gasteiger partial charge >= 0.3 is 6.03 Å². The average molecular weight is 396 g/mol. The number of carbonyl (C=O) groups excluding carboxylic acids is 1. The van der Waals surface area contributed by atoms with Gasteiger partial charge < -0.3 is 16.0 Å². The fourth-order valence-electron chi connectivity index (χ4n) is 3.71. The molecule has 2 aliphatic heterocycles. The number of pyridine rings is 1. The maximum Gasteiger partial charge on any atom is 0.323 e. The van der Waals surface area contributed by atoms with Crippen LogP contribution in [0.25, 0.3) is 17.0 Å². The third-order valence-corrected chi connectivity index (χ3v) is 5.26. The van der Waals surface area contributed by atoms with E-state index in [0.29, 0.717) is 55.6 Å². The highest BCUT2D eigenvalue weighted by atomic mass is 19.1. The Labute approximate surface area is 166 Å². The number of nitrogens with one attached hydrogen (secondary N) is 3. The van der Waals surface area contributed by atoms with E-state index in [4.69, 9.17) is 0 Å². The lowest BCUT2D eigenvalue weighted by Crippen LogP contribution is -2.46. The van der Waals surface area contributed by atoms with E-state index in [0.717, 1.165) is 5.69 Å². The fraction of sp³-hybridized carbons (Fsp3) is 0.368. The lowest BCUT2D eigenvalue weighted by Gasteiger charge is -2.28. The highest BCUT2D eigenvalue weighted by Gasteiger charge is 2.25. The minimum Gasteiger partial charge on any atom is -0.363 e. The van der Waals surface area contributed by atoms with Crippen molar-refractivity contribution in [3.8, 4) is 11.4 Å². The maximum atomic E-state index is 14.2. The van der Waals surface area contributed by atoms with Crippen LogP contribution in [0.5, 0.6) is 0 Å². The average Bonchev–Trinajstić information content (AvgIpc) is 3.35. The normalized spacial score (nSPS) is 22.1. The zero-order valence-corrected chi connectivity index (χ0v) is 15.7. The molecule has 29 heavy (non-hydrogen) atoms. The summed E-state index contributed by atoms with van der Waals surface area (Å²) in [6.07, 6.45) is 4.72. The van der Waals surface area contributed by atoms with Gasteiger partial charge in [0.05, 0.1) is 36.0 Å². The Hall–Kier alpha value is -3.27. The number of fused-ring (bicyclic) bond motifs is 1. The number of halogens is 1. The van der Waals surface area contributed by atoms with Gasteiger partial charge in [0.15, 0.2) is 11.5 Å². The molecule has 2 aliphatic rings. The van der Waals surface area contributed by atoms with Crippen molar-refractivity contribution in [3.05, 3.63) is 36.8 Å². The Bertz CT molecular complexity index is 1050. The number of nitrogens with zero attached hydrogens (tertiary/aromatic N) is 5. The number of imidazole rings is 1. The number of hydrogen-bond acceptors (Lipinski definition) is 6. The monoisotopic (exact) mass is 396 g/mol. The Morgan fingerprint density at radius 1 is 1.21 bits per heavy atom. The van der Waals surface area contributed by atoms with Crippen molar-refractivity contribution in [2.75, 3.05) is 36.4 Å². The zero-order valence-electron chi connectivity index (χ0n) is 15.7. The summed E-state index contributed by atoms with van der Waals surface area (Å²) in [6.45, 7) is 2.42. The number of piperidine rings is 1. The number of aromatic nitrogens is 4. The molecule has 0 unspecified atom stereocenters. The summed E-state index contributed by atoms with van der Waals surface area (Å²) >= 11 is 0. The van der Waals surface area contributed by atoms with Crippen LogP contribution >= 0.6 is 0 Å². The van der Waals surface area contributed by atoms with Crippen LogP contribution in [0.15, 0.2) is 36.8 Å². The quantitative estimate of drug-likeness (QED) is 0.617. The van der Waals surface area contributed by atoms with Crippen LogP contribution in [-0.2, 0) is 0 Å². The predicted molar refractivity (Wildman–Crippen MR) is 107 cm³/mol. The van der Waals surface area contributed by atoms with Gasteiger partial charge in [-0.25, -0.2) is 24.1 Å². The molecule has 2 saturated heterocycles. The topological polar surface area (TPSA) is 99.5 Å². The van der Waals surface area contributed by atoms with E-state index in [9.17, 15) is 9.18 Å². The molecule has 5 rings (SSSR count). The molecule has 0 bridgehead atoms. The number of urea groups is 1. The van der Waals surface area contributed by atoms with E-state index in [1.165, 1.54) is 0 Å². The van der Waals surface area contributed by atoms with E-state index in [2.05, 4.69) is 30.9 Å². The predicted octanol–water partition coefficient (Wildman–Crippen LogP) is 1.43. The molecule has 5 heterocycles. The molecule has 0 radical (unpaired) electrons. The lowest BCUT2D eigenvalue weighted by molar-refractivity contribution is 0.241. The molecule has 10 heteroatoms. The van der Waals surface area contributed by atoms with Crippen LogP contribution in [0.4, 0.5) is 20.8 Å². The largest absolute Gasteiger partial charge is 0.363 e. The summed E-state index contributed by atoms with van der Waals surface area (Å²) in [5.41, 5.74) is 2.12. The van der Waals surface area contributed by atoms with Crippen molar-refractivity contribution in [2.24, 2.45) is 0 Å². The smallest absolute Gasteiger partial charge is 0.323 e. The first-order valence-electron chi connectivity index (χ1n) is 9.66. The molecule has 0 aliphatic carbocycles. The summed E-state index contributed by atoms with van der Waals surface area (Å²) in [5.74, 6) is 1.16. The Balaban J connectivity index is 1.46. The summed E-state index contributed by atoms with van der Waals surface area (Å²) in [6, 6.07) is 5.12. The van der Waals surface area contributed by atoms with Gasteiger partial charge in [0.1, 0.15) is 12.0 Å². The minimum absolute atomic E-state index is 0.162. The first-order valence-corrected chi connectivity index (χ1v) is 9.66. The summed E-state index contributed by atoms with van der Waals surface area (Å²) in [5, 5.41) is 9.16. The minimum atomic E-state index is -0.905. The summed E-state index contributed by atoms with van der Waals surface area (Å²) in [4.78, 5) is 26.9. The van der Waals surface area contributed by atoms with Crippen molar-refractivity contribution in [1.82, 2.24) is 30.0 Å². The molecule has 0 aromatic carbocycles. The van der Waals surface area contributed by atoms with E-state index < -0.39 is 6.17 Å². The highest BCUT2D eigenvalue weighted by molar-refractivity contribution is 5.93. The van der Waals surface area contributed by atoms with Gasteiger partial charge in [0.2, 0.25) is 0 Å². The molecule has 9 nitrogen and oxygen atoms in total. The molecule has 0 spiro atoms. The van der Waals surface area contributed by atoms with Crippen LogP contribution < -0.4 is 20.9 Å². The van der Waals surface area contributed by atoms with Gasteiger partial charge in [-0.1, -0.05) is 6.07 Å². The molecule has 2 amide bonds. The molecule has 2 fully saturated rings. The molecule has 2 atom stereocenters. The Morgan fingerprint density at radius 3 is 2.97 bits per heavy atom. The molecule has 3 N–H and O–H groups in total. The van der Waals surface area contributed by atoms with Crippen molar-refractivity contribution in [1.29, 1.82) is 0 Å². The third kappa shape index (κ3) is 3.35. The third-order valence-electron chi connectivity index (χ3n) is 5.26. The molecule has 0 saturated carbocycles. The van der Waals surface area contributed by atoms with Crippen molar-refractivity contribution < 1.29 is 9.18 Å². The highest BCUT2D eigenvalue weighted by Crippen LogP contribution is 2.23. The second kappa shape index (κ2) is 7.28. The summed E-state index contributed by atoms with van der Waals surface area (Å²) < 4.78 is 16.0. The van der Waals surface area contributed by atoms with Crippen molar-refractivity contribution in [3.63, 3.8) is 0 Å². The van der Waals surface area contributed by atoms with Gasteiger partial charge in [0.25, 0.3) is 0 Å². The molecular weight excluding hydrogens is 375 g/mol. The van der Waals surface area contributed by atoms with Crippen molar-refractivity contribution in [2.45, 2.75) is 18.6 Å². The summed E-state index contributed by atoms with van der Waals surface area (Å²) in [7, 11) is 0. The van der Waals surface area contributed by atoms with Gasteiger partial charge in [0, 0.05) is 19.6 Å². The van der Waals surface area contributed by atoms with Crippen LogP contribution in [0.2, 0.25) is 0 Å². The van der Waals surface area contributed by atoms with Gasteiger partial charge in [-0.2, -0.15) is 0 Å². The molecule has 3 aromatic rings. The van der Waals surface area contributed by atoms with E-state index in [1.54, 1.807) is 23.5 Å². The van der Waals surface area contributed by atoms with Gasteiger partial charge in [-0.15, -0.1) is 0 Å². The second-order valence-electron chi connectivity index (χ2n) is 7.17. The Kier molecular flexibility index (Phi) is 4.47. The first kappa shape index (κ1) is 17.8. The molecular formula is C19H21FN8O. The van der Waals surface area contributed by atoms with Crippen LogP contribution in [0, 0.1) is 0 Å². The van der Waals surface area contributed by atoms with Gasteiger partial charge in [-0.05, 0) is 25.1 Å². The number of amides is 2. The van der Waals surface area contributed by atoms with Gasteiger partial charge in [-0.3, -0.25) is 9.30 Å². The van der Waals surface area contributed by atoms with Crippen LogP contribution in [0.3, 0.4) is 0 Å². The second-order valence-corrected chi connectivity index (χ2v) is 7.17. The molecule has 3 aromatic heterocycles. The number of hydrogen-bond donors (Lipinski definition) is 3. The van der Waals surface area contributed by atoms with Crippen molar-refractivity contribution >= 4 is 23.3 Å². The van der Waals surface area contributed by atoms with Crippen LogP contribution in [-0.4, -0.2) is 63.8 Å². The fourth-order valence-corrected chi connectivity index (χ4v) is 3.71. The van der Waals surface area contributed by atoms with E-state index in [1.807, 2.05) is 22.6 Å². The van der Waals surface area contributed by atoms with Crippen LogP contribution in [0.1, 0.15) is 6.42 Å². The SMILES string of the molecule is O=C1NCCN1c1cn2c(-c3cccc(N[C@H]4CNCC[C@@H]4F)n3)cnc2cn1. The Morgan fingerprint density at radius 2 is 2.14 bits per heavy atom. The number of anilines is 2. The standard InChI is InChI=1S/C19H21FN8O/c20-12-4-5-21-8-14(12)26-16-3-1-2-13(25-16)15-9-23-17-10-24-18(11-28(15)17)27-7-6-22-19(27)29/h1-3,9-12,14,21H,4-8H2,(H,22,29)(H,25,26)/t12-,14-/m0/s1. The molecule has 150 valence electrons.